The molecular formula is C12H12Cl2N2O2. The van der Waals surface area contributed by atoms with E-state index < -0.39 is 6.04 Å². The van der Waals surface area contributed by atoms with Crippen molar-refractivity contribution < 1.29 is 9.53 Å². The van der Waals surface area contributed by atoms with E-state index in [4.69, 9.17) is 23.2 Å². The minimum absolute atomic E-state index is 0.320. The first-order chi connectivity index (χ1) is 8.61. The van der Waals surface area contributed by atoms with E-state index in [0.29, 0.717) is 28.8 Å². The Morgan fingerprint density at radius 3 is 2.78 bits per heavy atom. The fourth-order valence-electron chi connectivity index (χ4n) is 1.75. The van der Waals surface area contributed by atoms with Gasteiger partial charge in [-0.3, -0.25) is 4.99 Å². The Bertz CT molecular complexity index is 483. The van der Waals surface area contributed by atoms with Crippen LogP contribution in [0.3, 0.4) is 0 Å². The monoisotopic (exact) mass is 286 g/mol. The van der Waals surface area contributed by atoms with Crippen molar-refractivity contribution in [2.45, 2.75) is 12.5 Å². The highest BCUT2D eigenvalue weighted by Crippen LogP contribution is 2.25. The molecule has 0 aromatic heterocycles. The zero-order valence-corrected chi connectivity index (χ0v) is 11.3. The van der Waals surface area contributed by atoms with Gasteiger partial charge >= 0.3 is 5.97 Å². The molecule has 1 aliphatic heterocycles. The maximum absolute atomic E-state index is 11.3. The highest BCUT2D eigenvalue weighted by Gasteiger charge is 2.25. The average Bonchev–Trinajstić information content (AvgIpc) is 2.81. The molecule has 96 valence electrons. The van der Waals surface area contributed by atoms with E-state index in [1.807, 2.05) is 0 Å². The van der Waals surface area contributed by atoms with E-state index in [1.54, 1.807) is 18.2 Å². The lowest BCUT2D eigenvalue weighted by atomic mass is 10.1. The summed E-state index contributed by atoms with van der Waals surface area (Å²) in [6.45, 7) is 0.379. The van der Waals surface area contributed by atoms with Gasteiger partial charge in [0.1, 0.15) is 11.9 Å². The molecule has 0 saturated heterocycles. The van der Waals surface area contributed by atoms with Crippen molar-refractivity contribution in [3.05, 3.63) is 33.8 Å². The molecule has 1 heterocycles. The molecule has 0 aliphatic carbocycles. The number of ether oxygens (including phenoxy) is 1. The van der Waals surface area contributed by atoms with Crippen molar-refractivity contribution in [3.63, 3.8) is 0 Å². The van der Waals surface area contributed by atoms with Crippen molar-refractivity contribution in [2.75, 3.05) is 13.7 Å². The smallest absolute Gasteiger partial charge is 0.330 e. The Morgan fingerprint density at radius 2 is 2.17 bits per heavy atom. The summed E-state index contributed by atoms with van der Waals surface area (Å²) in [6, 6.07) is 4.92. The molecule has 0 amide bonds. The van der Waals surface area contributed by atoms with E-state index in [9.17, 15) is 4.79 Å². The van der Waals surface area contributed by atoms with Crippen LogP contribution in [0.5, 0.6) is 0 Å². The lowest BCUT2D eigenvalue weighted by Gasteiger charge is -2.10. The number of aliphatic imine (C=N–C) groups is 1. The summed E-state index contributed by atoms with van der Waals surface area (Å²) in [5, 5.41) is 4.19. The standard InChI is InChI=1S/C12H12Cl2N2O2/c1-18-12(17)10-6-15-11(16-10)5-7-8(13)3-2-4-9(7)14/h2-4,10H,5-6H2,1H3,(H,15,16). The highest BCUT2D eigenvalue weighted by atomic mass is 35.5. The second-order valence-corrected chi connectivity index (χ2v) is 4.70. The molecule has 0 spiro atoms. The molecule has 0 radical (unpaired) electrons. The molecule has 1 aliphatic rings. The van der Waals surface area contributed by atoms with Crippen LogP contribution in [0.1, 0.15) is 5.56 Å². The van der Waals surface area contributed by atoms with Crippen LogP contribution < -0.4 is 5.32 Å². The van der Waals surface area contributed by atoms with Gasteiger partial charge in [0.2, 0.25) is 0 Å². The molecule has 4 nitrogen and oxygen atoms in total. The van der Waals surface area contributed by atoms with Gasteiger partial charge in [-0.25, -0.2) is 4.79 Å². The van der Waals surface area contributed by atoms with E-state index in [1.165, 1.54) is 7.11 Å². The molecule has 1 unspecified atom stereocenters. The van der Waals surface area contributed by atoms with E-state index in [-0.39, 0.29) is 5.97 Å². The van der Waals surface area contributed by atoms with Gasteiger partial charge in [0.05, 0.1) is 13.7 Å². The summed E-state index contributed by atoms with van der Waals surface area (Å²) in [4.78, 5) is 15.6. The van der Waals surface area contributed by atoms with Crippen LogP contribution in [0.15, 0.2) is 23.2 Å². The number of rotatable bonds is 3. The van der Waals surface area contributed by atoms with Gasteiger partial charge < -0.3 is 10.1 Å². The molecule has 0 saturated carbocycles. The Balaban J connectivity index is 2.06. The first-order valence-corrected chi connectivity index (χ1v) is 6.18. The Kier molecular flexibility index (Phi) is 4.09. The molecule has 1 atom stereocenters. The zero-order valence-electron chi connectivity index (χ0n) is 9.74. The maximum Gasteiger partial charge on any atom is 0.330 e. The molecule has 1 N–H and O–H groups in total. The topological polar surface area (TPSA) is 50.7 Å². The minimum Gasteiger partial charge on any atom is -0.467 e. The second kappa shape index (κ2) is 5.59. The number of benzene rings is 1. The van der Waals surface area contributed by atoms with Crippen LogP contribution in [0.4, 0.5) is 0 Å². The first-order valence-electron chi connectivity index (χ1n) is 5.42. The van der Waals surface area contributed by atoms with Crippen molar-refractivity contribution in [3.8, 4) is 0 Å². The fraction of sp³-hybridized carbons (Fsp3) is 0.333. The third-order valence-electron chi connectivity index (χ3n) is 2.70. The number of nitrogens with one attached hydrogen (secondary N) is 1. The normalized spacial score (nSPS) is 18.2. The fourth-order valence-corrected chi connectivity index (χ4v) is 2.28. The van der Waals surface area contributed by atoms with Crippen LogP contribution in [0.25, 0.3) is 0 Å². The Hall–Kier alpha value is -1.26. The number of esters is 1. The maximum atomic E-state index is 11.3. The quantitative estimate of drug-likeness (QED) is 0.866. The number of methoxy groups -OCH3 is 1. The predicted octanol–water partition coefficient (Wildman–Crippen LogP) is 2.08. The van der Waals surface area contributed by atoms with E-state index in [2.05, 4.69) is 15.0 Å². The summed E-state index contributed by atoms with van der Waals surface area (Å²) in [6.07, 6.45) is 0.478. The van der Waals surface area contributed by atoms with Gasteiger partial charge in [0.25, 0.3) is 0 Å². The zero-order chi connectivity index (χ0) is 13.1. The molecular weight excluding hydrogens is 275 g/mol. The number of hydrogen-bond donors (Lipinski definition) is 1. The number of halogens is 2. The molecule has 6 heteroatoms. The van der Waals surface area contributed by atoms with Gasteiger partial charge in [0, 0.05) is 16.5 Å². The molecule has 1 aromatic rings. The SMILES string of the molecule is COC(=O)C1CN=C(Cc2c(Cl)cccc2Cl)N1. The predicted molar refractivity (Wildman–Crippen MR) is 71.4 cm³/mol. The summed E-state index contributed by atoms with van der Waals surface area (Å²) in [7, 11) is 1.35. The summed E-state index contributed by atoms with van der Waals surface area (Å²) in [5.41, 5.74) is 0.803. The number of hydrogen-bond acceptors (Lipinski definition) is 4. The summed E-state index contributed by atoms with van der Waals surface area (Å²) < 4.78 is 4.65. The van der Waals surface area contributed by atoms with Crippen LogP contribution >= 0.6 is 23.2 Å². The van der Waals surface area contributed by atoms with Crippen molar-refractivity contribution in [2.24, 2.45) is 4.99 Å². The summed E-state index contributed by atoms with van der Waals surface area (Å²) in [5.74, 6) is 0.374. The Morgan fingerprint density at radius 1 is 1.50 bits per heavy atom. The Labute approximate surface area is 115 Å². The molecule has 0 fully saturated rings. The van der Waals surface area contributed by atoms with Crippen molar-refractivity contribution >= 4 is 35.0 Å². The van der Waals surface area contributed by atoms with Crippen LogP contribution in [-0.2, 0) is 16.0 Å². The van der Waals surface area contributed by atoms with Crippen LogP contribution in [0.2, 0.25) is 10.0 Å². The highest BCUT2D eigenvalue weighted by molar-refractivity contribution is 6.36. The van der Waals surface area contributed by atoms with Crippen molar-refractivity contribution in [1.29, 1.82) is 0 Å². The van der Waals surface area contributed by atoms with E-state index >= 15 is 0 Å². The van der Waals surface area contributed by atoms with Gasteiger partial charge in [-0.05, 0) is 17.7 Å². The number of carbonyl (C=O) groups is 1. The van der Waals surface area contributed by atoms with Crippen molar-refractivity contribution in [1.82, 2.24) is 5.32 Å². The molecule has 2 rings (SSSR count). The number of nitrogens with zero attached hydrogens (tertiary/aromatic N) is 1. The van der Waals surface area contributed by atoms with Gasteiger partial charge in [-0.15, -0.1) is 0 Å². The largest absolute Gasteiger partial charge is 0.467 e. The van der Waals surface area contributed by atoms with Gasteiger partial charge in [0.15, 0.2) is 0 Å². The lowest BCUT2D eigenvalue weighted by molar-refractivity contribution is -0.142. The van der Waals surface area contributed by atoms with Gasteiger partial charge in [-0.1, -0.05) is 29.3 Å². The van der Waals surface area contributed by atoms with Gasteiger partial charge in [-0.2, -0.15) is 0 Å². The van der Waals surface area contributed by atoms with Crippen LogP contribution in [-0.4, -0.2) is 31.5 Å². The third-order valence-corrected chi connectivity index (χ3v) is 3.41. The lowest BCUT2D eigenvalue weighted by Crippen LogP contribution is -2.38. The number of carbonyl (C=O) groups excluding carboxylic acids is 1. The average molecular weight is 287 g/mol. The molecule has 1 aromatic carbocycles. The first kappa shape index (κ1) is 13.2. The van der Waals surface area contributed by atoms with E-state index in [0.717, 1.165) is 5.56 Å². The molecule has 18 heavy (non-hydrogen) atoms. The number of amidine groups is 1. The van der Waals surface area contributed by atoms with Crippen LogP contribution in [0, 0.1) is 0 Å². The second-order valence-electron chi connectivity index (χ2n) is 3.88. The third kappa shape index (κ3) is 2.76. The molecule has 0 bridgehead atoms. The minimum atomic E-state index is -0.411. The summed E-state index contributed by atoms with van der Waals surface area (Å²) >= 11 is 12.2.